The Morgan fingerprint density at radius 3 is 2.30 bits per heavy atom. The van der Waals surface area contributed by atoms with E-state index in [1.807, 2.05) is 19.9 Å². The number of hydrogen-bond donors (Lipinski definition) is 4. The lowest BCUT2D eigenvalue weighted by Crippen LogP contribution is -2.66. The molecule has 3 aliphatic carbocycles. The highest BCUT2D eigenvalue weighted by Gasteiger charge is 2.74. The third kappa shape index (κ3) is 11.5. The highest BCUT2D eigenvalue weighted by atomic mass is 35.5. The molecule has 5 aliphatic rings. The standard InChI is InChI=1S/C51H67ClF4N8O7/c1-29(2)22-36-44(68)63(6)38(24-31-23-32(52)16-17-34(31)35-12-7-9-20-57-35)43(67)61-48(3,4)46(70)58-21-10-8-13-37(41(65)59-36)62(5)45(69)40(30-14-15-30)60-42(66)39-25-33(53)26-64(39)47(71)50(51(54,55)56)27-49(28-50)18-11-19-49/h7,9,12,16-17,20,23,29-30,33,36-40H,8,10-11,13-15,18-19,21-22,24-28H2,1-6H3,(H,58,70)(H,59,65)(H,60,66)(H,61,67)/t33-,36+,37+,38+,39+,40+/m1/s1. The Hall–Kier alpha value is -5.33. The number of pyridine rings is 1. The highest BCUT2D eigenvalue weighted by molar-refractivity contribution is 6.30. The fraction of sp³-hybridized carbons (Fsp3) is 0.647. The molecule has 0 bridgehead atoms. The lowest BCUT2D eigenvalue weighted by atomic mass is 9.44. The number of carbonyl (C=O) groups excluding carboxylic acids is 7. The van der Waals surface area contributed by atoms with Gasteiger partial charge in [-0.3, -0.25) is 38.5 Å². The number of aromatic nitrogens is 1. The Bertz CT molecular complexity index is 2360. The molecular formula is C51H67ClF4N8O7. The highest BCUT2D eigenvalue weighted by Crippen LogP contribution is 2.69. The van der Waals surface area contributed by atoms with Gasteiger partial charge in [-0.15, -0.1) is 0 Å². The smallest absolute Gasteiger partial charge is 0.354 e. The first-order chi connectivity index (χ1) is 33.4. The summed E-state index contributed by atoms with van der Waals surface area (Å²) in [7, 11) is 2.82. The Balaban J connectivity index is 1.14. The van der Waals surface area contributed by atoms with Crippen molar-refractivity contribution in [3.63, 3.8) is 0 Å². The molecule has 2 saturated heterocycles. The van der Waals surface area contributed by atoms with Gasteiger partial charge in [0, 0.05) is 50.3 Å². The van der Waals surface area contributed by atoms with Crippen molar-refractivity contribution in [3.05, 3.63) is 53.2 Å². The van der Waals surface area contributed by atoms with Crippen LogP contribution in [-0.4, -0.2) is 136 Å². The quantitative estimate of drug-likeness (QED) is 0.207. The molecule has 20 heteroatoms. The van der Waals surface area contributed by atoms with Crippen molar-refractivity contribution in [2.24, 2.45) is 22.7 Å². The molecule has 3 heterocycles. The number of nitrogens with zero attached hydrogens (tertiary/aromatic N) is 4. The number of likely N-dealkylation sites (tertiary alicyclic amines) is 1. The minimum absolute atomic E-state index is 0.0526. The largest absolute Gasteiger partial charge is 0.403 e. The van der Waals surface area contributed by atoms with Crippen LogP contribution in [0.4, 0.5) is 17.6 Å². The van der Waals surface area contributed by atoms with E-state index in [-0.39, 0.29) is 31.7 Å². The zero-order valence-corrected chi connectivity index (χ0v) is 42.1. The maximum Gasteiger partial charge on any atom is 0.403 e. The van der Waals surface area contributed by atoms with Crippen LogP contribution in [0.5, 0.6) is 0 Å². The zero-order valence-electron chi connectivity index (χ0n) is 41.3. The Morgan fingerprint density at radius 2 is 1.69 bits per heavy atom. The zero-order chi connectivity index (χ0) is 51.8. The van der Waals surface area contributed by atoms with Crippen LogP contribution in [0.15, 0.2) is 42.6 Å². The van der Waals surface area contributed by atoms with Crippen LogP contribution < -0.4 is 21.3 Å². The normalized spacial score (nSPS) is 26.4. The third-order valence-electron chi connectivity index (χ3n) is 15.4. The van der Waals surface area contributed by atoms with Gasteiger partial charge in [0.25, 0.3) is 0 Å². The number of hydrogen-bond acceptors (Lipinski definition) is 8. The van der Waals surface area contributed by atoms with Gasteiger partial charge in [0.1, 0.15) is 47.3 Å². The molecule has 0 radical (unpaired) electrons. The number of alkyl halides is 4. The molecule has 7 rings (SSSR count). The van der Waals surface area contributed by atoms with E-state index in [1.54, 1.807) is 50.4 Å². The van der Waals surface area contributed by atoms with Gasteiger partial charge in [-0.1, -0.05) is 44.0 Å². The number of benzene rings is 1. The first-order valence-electron chi connectivity index (χ1n) is 24.8. The summed E-state index contributed by atoms with van der Waals surface area (Å²) >= 11 is 6.51. The molecule has 15 nitrogen and oxygen atoms in total. The van der Waals surface area contributed by atoms with E-state index in [9.17, 15) is 46.7 Å². The first-order valence-corrected chi connectivity index (χ1v) is 25.2. The Morgan fingerprint density at radius 1 is 0.986 bits per heavy atom. The number of likely N-dealkylation sites (N-methyl/N-ethyl adjacent to an activating group) is 2. The summed E-state index contributed by atoms with van der Waals surface area (Å²) in [5.74, 6) is -6.02. The van der Waals surface area contributed by atoms with Crippen molar-refractivity contribution in [2.75, 3.05) is 27.2 Å². The van der Waals surface area contributed by atoms with Gasteiger partial charge in [-0.05, 0) is 125 Å². The van der Waals surface area contributed by atoms with E-state index in [0.29, 0.717) is 65.3 Å². The molecule has 71 heavy (non-hydrogen) atoms. The number of nitrogens with one attached hydrogen (secondary N) is 4. The second kappa shape index (κ2) is 21.0. The summed E-state index contributed by atoms with van der Waals surface area (Å²) in [5.41, 5.74) is -2.91. The van der Waals surface area contributed by atoms with Gasteiger partial charge in [0.05, 0.1) is 12.2 Å². The molecule has 1 spiro atoms. The summed E-state index contributed by atoms with van der Waals surface area (Å²) in [6, 6.07) is 3.95. The maximum absolute atomic E-state index is 15.1. The van der Waals surface area contributed by atoms with E-state index in [4.69, 9.17) is 11.6 Å². The molecule has 1 aromatic carbocycles. The van der Waals surface area contributed by atoms with Crippen LogP contribution >= 0.6 is 11.6 Å². The predicted molar refractivity (Wildman–Crippen MR) is 256 cm³/mol. The monoisotopic (exact) mass is 1010 g/mol. The summed E-state index contributed by atoms with van der Waals surface area (Å²) in [6.07, 6.45) is -2.74. The third-order valence-corrected chi connectivity index (χ3v) is 15.6. The van der Waals surface area contributed by atoms with Crippen LogP contribution in [0.1, 0.15) is 110 Å². The summed E-state index contributed by atoms with van der Waals surface area (Å²) in [4.78, 5) is 108. The van der Waals surface area contributed by atoms with Crippen molar-refractivity contribution in [2.45, 2.75) is 159 Å². The number of halogens is 5. The van der Waals surface area contributed by atoms with Crippen LogP contribution in [0.3, 0.4) is 0 Å². The Labute approximate surface area is 417 Å². The van der Waals surface area contributed by atoms with Crippen molar-refractivity contribution in [1.82, 2.24) is 41.0 Å². The molecule has 2 aromatic rings. The molecule has 4 N–H and O–H groups in total. The Kier molecular flexibility index (Phi) is 15.8. The van der Waals surface area contributed by atoms with Crippen LogP contribution in [0.25, 0.3) is 11.3 Å². The van der Waals surface area contributed by atoms with Gasteiger partial charge >= 0.3 is 6.18 Å². The van der Waals surface area contributed by atoms with E-state index >= 15 is 4.39 Å². The van der Waals surface area contributed by atoms with Crippen LogP contribution in [0.2, 0.25) is 5.02 Å². The van der Waals surface area contributed by atoms with Crippen molar-refractivity contribution in [3.8, 4) is 11.3 Å². The molecule has 388 valence electrons. The summed E-state index contributed by atoms with van der Waals surface area (Å²) < 4.78 is 59.3. The van der Waals surface area contributed by atoms with E-state index in [2.05, 4.69) is 26.3 Å². The van der Waals surface area contributed by atoms with Gasteiger partial charge in [-0.25, -0.2) is 4.39 Å². The van der Waals surface area contributed by atoms with E-state index in [0.717, 1.165) is 6.42 Å². The predicted octanol–water partition coefficient (Wildman–Crippen LogP) is 5.67. The minimum Gasteiger partial charge on any atom is -0.354 e. The van der Waals surface area contributed by atoms with Crippen LogP contribution in [0, 0.1) is 22.7 Å². The molecule has 7 amide bonds. The topological polar surface area (TPSA) is 190 Å². The SMILES string of the molecule is CC(C)C[C@@H]1NC(=O)[C@@H](N(C)C(=O)[C@@H](NC(=O)[C@@H]2C[C@@H](F)CN2C(=O)C2(C(F)(F)F)CC3(CCC3)C2)C2CC2)CCCCNC(=O)C(C)(C)NC(=O)[C@H](Cc2cc(Cl)ccc2-c2ccccn2)N(C)C1=O. The van der Waals surface area contributed by atoms with Crippen LogP contribution in [-0.2, 0) is 40.0 Å². The van der Waals surface area contributed by atoms with Gasteiger partial charge in [0.2, 0.25) is 41.4 Å². The lowest BCUT2D eigenvalue weighted by Gasteiger charge is -2.60. The minimum atomic E-state index is -4.91. The second-order valence-electron chi connectivity index (χ2n) is 21.6. The van der Waals surface area contributed by atoms with Gasteiger partial charge in [-0.2, -0.15) is 13.2 Å². The fourth-order valence-corrected chi connectivity index (χ4v) is 11.2. The molecule has 6 atom stereocenters. The van der Waals surface area contributed by atoms with Gasteiger partial charge in [0.15, 0.2) is 0 Å². The number of amides is 7. The average molecular weight is 1020 g/mol. The maximum atomic E-state index is 15.1. The lowest BCUT2D eigenvalue weighted by molar-refractivity contribution is -0.285. The van der Waals surface area contributed by atoms with E-state index < -0.39 is 132 Å². The molecule has 3 saturated carbocycles. The number of carbonyl (C=O) groups is 7. The number of rotatable bonds is 11. The average Bonchev–Trinajstić information content (AvgIpc) is 4.04. The summed E-state index contributed by atoms with van der Waals surface area (Å²) in [6.45, 7) is 6.26. The fourth-order valence-electron chi connectivity index (χ4n) is 11.0. The molecule has 0 unspecified atom stereocenters. The summed E-state index contributed by atoms with van der Waals surface area (Å²) in [5, 5.41) is 11.6. The molecule has 5 fully saturated rings. The molecule has 1 aromatic heterocycles. The molecular weight excluding hydrogens is 948 g/mol. The van der Waals surface area contributed by atoms with Crippen molar-refractivity contribution >= 4 is 53.0 Å². The van der Waals surface area contributed by atoms with Crippen molar-refractivity contribution in [1.29, 1.82) is 0 Å². The van der Waals surface area contributed by atoms with E-state index in [1.165, 1.54) is 23.9 Å². The molecule has 2 aliphatic heterocycles. The van der Waals surface area contributed by atoms with Crippen molar-refractivity contribution < 1.29 is 51.1 Å². The van der Waals surface area contributed by atoms with Gasteiger partial charge < -0.3 is 36.0 Å². The second-order valence-corrected chi connectivity index (χ2v) is 22.1. The first kappa shape index (κ1) is 53.5.